The van der Waals surface area contributed by atoms with Gasteiger partial charge in [-0.1, -0.05) is 30.3 Å². The fourth-order valence-corrected chi connectivity index (χ4v) is 1.93. The fourth-order valence-electron chi connectivity index (χ4n) is 1.93. The maximum atomic E-state index is 5.81. The molecule has 1 heterocycles. The largest absolute Gasteiger partial charge is 0.485 e. The number of aryl methyl sites for hydroxylation is 1. The molecule has 0 fully saturated rings. The maximum Gasteiger partial charge on any atom is 0.226 e. The number of aromatic nitrogens is 2. The Balaban J connectivity index is 2.02. The highest BCUT2D eigenvalue weighted by molar-refractivity contribution is 5.35. The summed E-state index contributed by atoms with van der Waals surface area (Å²) in [5.74, 6) is 2.10. The molecular formula is C15H21N3O2. The van der Waals surface area contributed by atoms with E-state index in [-0.39, 0.29) is 6.04 Å². The van der Waals surface area contributed by atoms with Gasteiger partial charge < -0.3 is 14.6 Å². The van der Waals surface area contributed by atoms with Crippen LogP contribution in [0.3, 0.4) is 0 Å². The lowest BCUT2D eigenvalue weighted by Crippen LogP contribution is -2.13. The van der Waals surface area contributed by atoms with Crippen LogP contribution in [-0.2, 0) is 13.0 Å². The minimum absolute atomic E-state index is 0.229. The zero-order valence-corrected chi connectivity index (χ0v) is 12.2. The first kappa shape index (κ1) is 14.5. The Kier molecular flexibility index (Phi) is 5.12. The number of benzene rings is 1. The van der Waals surface area contributed by atoms with Gasteiger partial charge in [-0.15, -0.1) is 0 Å². The molecule has 0 aliphatic heterocycles. The van der Waals surface area contributed by atoms with E-state index in [0.29, 0.717) is 18.3 Å². The number of hydrogen-bond donors (Lipinski definition) is 1. The van der Waals surface area contributed by atoms with Gasteiger partial charge in [0.15, 0.2) is 6.61 Å². The Morgan fingerprint density at radius 3 is 2.90 bits per heavy atom. The van der Waals surface area contributed by atoms with E-state index in [4.69, 9.17) is 9.26 Å². The molecule has 108 valence electrons. The molecule has 1 atom stereocenters. The third-order valence-electron chi connectivity index (χ3n) is 3.15. The molecule has 2 rings (SSSR count). The van der Waals surface area contributed by atoms with Crippen molar-refractivity contribution in [3.63, 3.8) is 0 Å². The highest BCUT2D eigenvalue weighted by Gasteiger charge is 2.11. The van der Waals surface area contributed by atoms with Crippen molar-refractivity contribution in [1.29, 1.82) is 0 Å². The highest BCUT2D eigenvalue weighted by atomic mass is 16.5. The molecule has 0 saturated heterocycles. The Morgan fingerprint density at radius 2 is 2.15 bits per heavy atom. The highest BCUT2D eigenvalue weighted by Crippen LogP contribution is 2.25. The molecule has 0 amide bonds. The first-order valence-corrected chi connectivity index (χ1v) is 6.95. The molecule has 20 heavy (non-hydrogen) atoms. The molecule has 0 spiro atoms. The predicted octanol–water partition coefficient (Wildman–Crippen LogP) is 2.88. The molecule has 5 heteroatoms. The van der Waals surface area contributed by atoms with E-state index in [9.17, 15) is 0 Å². The minimum atomic E-state index is 0.229. The zero-order chi connectivity index (χ0) is 14.4. The smallest absolute Gasteiger partial charge is 0.226 e. The number of ether oxygens (including phenoxy) is 1. The van der Waals surface area contributed by atoms with Crippen molar-refractivity contribution >= 4 is 0 Å². The number of nitrogens with one attached hydrogen (secondary N) is 1. The van der Waals surface area contributed by atoms with Gasteiger partial charge in [0.1, 0.15) is 5.75 Å². The quantitative estimate of drug-likeness (QED) is 0.842. The van der Waals surface area contributed by atoms with Gasteiger partial charge in [-0.2, -0.15) is 4.98 Å². The summed E-state index contributed by atoms with van der Waals surface area (Å²) >= 11 is 0. The van der Waals surface area contributed by atoms with E-state index < -0.39 is 0 Å². The summed E-state index contributed by atoms with van der Waals surface area (Å²) in [6.07, 6.45) is 1.80. The Hall–Kier alpha value is -1.88. The summed E-state index contributed by atoms with van der Waals surface area (Å²) in [6, 6.07) is 8.20. The van der Waals surface area contributed by atoms with E-state index in [1.54, 1.807) is 0 Å². The van der Waals surface area contributed by atoms with Crippen LogP contribution < -0.4 is 10.1 Å². The number of nitrogens with zero attached hydrogens (tertiary/aromatic N) is 2. The Labute approximate surface area is 119 Å². The summed E-state index contributed by atoms with van der Waals surface area (Å²) in [6.45, 7) is 4.49. The van der Waals surface area contributed by atoms with Gasteiger partial charge in [0.2, 0.25) is 11.7 Å². The number of hydrogen-bond acceptors (Lipinski definition) is 5. The summed E-state index contributed by atoms with van der Waals surface area (Å²) in [4.78, 5) is 4.29. The van der Waals surface area contributed by atoms with E-state index in [0.717, 1.165) is 24.2 Å². The Morgan fingerprint density at radius 1 is 1.35 bits per heavy atom. The van der Waals surface area contributed by atoms with Crippen molar-refractivity contribution in [2.24, 2.45) is 0 Å². The van der Waals surface area contributed by atoms with Crippen LogP contribution in [0.2, 0.25) is 0 Å². The molecule has 0 aliphatic rings. The minimum Gasteiger partial charge on any atom is -0.485 e. The van der Waals surface area contributed by atoms with Crippen molar-refractivity contribution in [2.75, 3.05) is 7.05 Å². The van der Waals surface area contributed by atoms with Crippen molar-refractivity contribution in [1.82, 2.24) is 15.5 Å². The van der Waals surface area contributed by atoms with Crippen LogP contribution in [0.4, 0.5) is 0 Å². The van der Waals surface area contributed by atoms with E-state index >= 15 is 0 Å². The third-order valence-corrected chi connectivity index (χ3v) is 3.15. The zero-order valence-electron chi connectivity index (χ0n) is 12.2. The second-order valence-corrected chi connectivity index (χ2v) is 4.69. The molecule has 5 nitrogen and oxygen atoms in total. The molecule has 0 aliphatic carbocycles. The summed E-state index contributed by atoms with van der Waals surface area (Å²) in [7, 11) is 1.93. The number of rotatable bonds is 7. The second-order valence-electron chi connectivity index (χ2n) is 4.69. The van der Waals surface area contributed by atoms with Crippen LogP contribution in [-0.4, -0.2) is 17.2 Å². The van der Waals surface area contributed by atoms with Gasteiger partial charge in [0.25, 0.3) is 0 Å². The predicted molar refractivity (Wildman–Crippen MR) is 76.5 cm³/mol. The second kappa shape index (κ2) is 7.05. The topological polar surface area (TPSA) is 60.2 Å². The monoisotopic (exact) mass is 275 g/mol. The summed E-state index contributed by atoms with van der Waals surface area (Å²) in [5, 5.41) is 7.13. The van der Waals surface area contributed by atoms with Gasteiger partial charge >= 0.3 is 0 Å². The van der Waals surface area contributed by atoms with Gasteiger partial charge in [0.05, 0.1) is 0 Å². The summed E-state index contributed by atoms with van der Waals surface area (Å²) < 4.78 is 11.0. The first-order chi connectivity index (χ1) is 9.74. The van der Waals surface area contributed by atoms with E-state index in [1.807, 2.05) is 25.2 Å². The summed E-state index contributed by atoms with van der Waals surface area (Å²) in [5.41, 5.74) is 1.12. The maximum absolute atomic E-state index is 5.81. The SMILES string of the molecule is CCCc1nc(COc2ccccc2C(C)NC)no1. The van der Waals surface area contributed by atoms with Crippen molar-refractivity contribution < 1.29 is 9.26 Å². The molecule has 1 aromatic heterocycles. The number of para-hydroxylation sites is 1. The van der Waals surface area contributed by atoms with Gasteiger partial charge in [-0.3, -0.25) is 0 Å². The average molecular weight is 275 g/mol. The standard InChI is InChI=1S/C15H21N3O2/c1-4-7-15-17-14(18-20-15)10-19-13-9-6-5-8-12(13)11(2)16-3/h5-6,8-9,11,16H,4,7,10H2,1-3H3. The first-order valence-electron chi connectivity index (χ1n) is 6.95. The van der Waals surface area contributed by atoms with Crippen molar-refractivity contribution in [2.45, 2.75) is 39.3 Å². The normalized spacial score (nSPS) is 12.3. The van der Waals surface area contributed by atoms with Crippen molar-refractivity contribution in [3.05, 3.63) is 41.5 Å². The molecule has 2 aromatic rings. The van der Waals surface area contributed by atoms with Crippen LogP contribution in [0.5, 0.6) is 5.75 Å². The molecule has 0 radical (unpaired) electrons. The van der Waals surface area contributed by atoms with Gasteiger partial charge in [-0.05, 0) is 26.5 Å². The Bertz CT molecular complexity index is 539. The van der Waals surface area contributed by atoms with Crippen LogP contribution in [0.15, 0.2) is 28.8 Å². The van der Waals surface area contributed by atoms with Gasteiger partial charge in [-0.25, -0.2) is 0 Å². The van der Waals surface area contributed by atoms with Crippen LogP contribution in [0, 0.1) is 0 Å². The molecule has 0 bridgehead atoms. The van der Waals surface area contributed by atoms with Gasteiger partial charge in [0, 0.05) is 18.0 Å². The molecular weight excluding hydrogens is 254 g/mol. The average Bonchev–Trinajstić information content (AvgIpc) is 2.93. The molecule has 0 saturated carbocycles. The van der Waals surface area contributed by atoms with E-state index in [2.05, 4.69) is 35.4 Å². The van der Waals surface area contributed by atoms with Crippen LogP contribution in [0.1, 0.15) is 43.6 Å². The molecule has 1 N–H and O–H groups in total. The van der Waals surface area contributed by atoms with Crippen LogP contribution >= 0.6 is 0 Å². The lowest BCUT2D eigenvalue weighted by Gasteiger charge is -2.15. The van der Waals surface area contributed by atoms with E-state index in [1.165, 1.54) is 0 Å². The lowest BCUT2D eigenvalue weighted by molar-refractivity contribution is 0.280. The molecule has 1 aromatic carbocycles. The third kappa shape index (κ3) is 3.57. The lowest BCUT2D eigenvalue weighted by atomic mass is 10.1. The van der Waals surface area contributed by atoms with Crippen LogP contribution in [0.25, 0.3) is 0 Å². The van der Waals surface area contributed by atoms with Crippen molar-refractivity contribution in [3.8, 4) is 5.75 Å². The molecule has 1 unspecified atom stereocenters. The fraction of sp³-hybridized carbons (Fsp3) is 0.467.